The largest absolute Gasteiger partial charge is 0.485 e. The number of carboxylic acids is 1. The summed E-state index contributed by atoms with van der Waals surface area (Å²) in [5.74, 6) is 0.340. The lowest BCUT2D eigenvalue weighted by atomic mass is 9.99. The lowest BCUT2D eigenvalue weighted by Gasteiger charge is -2.37. The number of hydrogen-bond acceptors (Lipinski definition) is 5. The molecule has 0 aromatic heterocycles. The minimum Gasteiger partial charge on any atom is -0.485 e. The number of nitrogens with one attached hydrogen (secondary N) is 1. The third kappa shape index (κ3) is 5.08. The standard InChI is InChI=1S/C29H28N2O4/c1-20(25-13-6-9-21-8-2-3-12-26(21)25)30-17-24-18-31(27-14-4-5-15-28(27)35-24)22-10-7-11-23(16-22)34-19-29(32)33/h2-16,20,24,30H,17-19H2,1H3,(H,32,33)/t20-,24?/m1/s1. The zero-order valence-electron chi connectivity index (χ0n) is 19.6. The van der Waals surface area contributed by atoms with Crippen LogP contribution < -0.4 is 19.7 Å². The van der Waals surface area contributed by atoms with Gasteiger partial charge in [0.2, 0.25) is 0 Å². The summed E-state index contributed by atoms with van der Waals surface area (Å²) in [5, 5.41) is 15.1. The van der Waals surface area contributed by atoms with Crippen molar-refractivity contribution in [3.8, 4) is 11.5 Å². The minimum absolute atomic E-state index is 0.0779. The number of benzene rings is 4. The van der Waals surface area contributed by atoms with Crippen LogP contribution in [0.4, 0.5) is 11.4 Å². The molecular formula is C29H28N2O4. The Balaban J connectivity index is 1.34. The van der Waals surface area contributed by atoms with Crippen LogP contribution in [0.3, 0.4) is 0 Å². The number of hydrogen-bond donors (Lipinski definition) is 2. The van der Waals surface area contributed by atoms with Crippen molar-refractivity contribution < 1.29 is 19.4 Å². The number of carbonyl (C=O) groups is 1. The topological polar surface area (TPSA) is 71.0 Å². The van der Waals surface area contributed by atoms with Gasteiger partial charge in [0.15, 0.2) is 6.61 Å². The molecule has 2 N–H and O–H groups in total. The first kappa shape index (κ1) is 22.7. The number of nitrogens with zero attached hydrogens (tertiary/aromatic N) is 1. The van der Waals surface area contributed by atoms with Crippen LogP contribution in [0.1, 0.15) is 18.5 Å². The van der Waals surface area contributed by atoms with Gasteiger partial charge in [-0.25, -0.2) is 4.79 Å². The molecule has 0 spiro atoms. The molecule has 2 atom stereocenters. The van der Waals surface area contributed by atoms with E-state index in [1.165, 1.54) is 16.3 Å². The summed E-state index contributed by atoms with van der Waals surface area (Å²) in [6.07, 6.45) is -0.0779. The first-order valence-electron chi connectivity index (χ1n) is 11.8. The Morgan fingerprint density at radius 2 is 1.83 bits per heavy atom. The van der Waals surface area contributed by atoms with Crippen molar-refractivity contribution in [2.24, 2.45) is 0 Å². The van der Waals surface area contributed by atoms with Crippen molar-refractivity contribution in [2.45, 2.75) is 19.1 Å². The Hall–Kier alpha value is -4.03. The molecule has 4 aromatic carbocycles. The number of para-hydroxylation sites is 2. The van der Waals surface area contributed by atoms with E-state index in [9.17, 15) is 4.79 Å². The number of anilines is 2. The van der Waals surface area contributed by atoms with Crippen LogP contribution in [0.25, 0.3) is 10.8 Å². The second kappa shape index (κ2) is 10.1. The summed E-state index contributed by atoms with van der Waals surface area (Å²) in [6.45, 7) is 3.13. The van der Waals surface area contributed by atoms with Gasteiger partial charge in [-0.1, -0.05) is 60.7 Å². The van der Waals surface area contributed by atoms with E-state index >= 15 is 0 Å². The summed E-state index contributed by atoms with van der Waals surface area (Å²) in [7, 11) is 0. The van der Waals surface area contributed by atoms with E-state index < -0.39 is 5.97 Å². The fourth-order valence-corrected chi connectivity index (χ4v) is 4.58. The molecule has 1 aliphatic heterocycles. The Labute approximate surface area is 204 Å². The van der Waals surface area contributed by atoms with E-state index in [0.29, 0.717) is 18.8 Å². The fraction of sp³-hybridized carbons (Fsp3) is 0.207. The van der Waals surface area contributed by atoms with Crippen LogP contribution >= 0.6 is 0 Å². The van der Waals surface area contributed by atoms with E-state index in [4.69, 9.17) is 14.6 Å². The summed E-state index contributed by atoms with van der Waals surface area (Å²) < 4.78 is 11.8. The third-order valence-corrected chi connectivity index (χ3v) is 6.27. The second-order valence-electron chi connectivity index (χ2n) is 8.70. The molecule has 0 radical (unpaired) electrons. The maximum atomic E-state index is 10.9. The van der Waals surface area contributed by atoms with E-state index in [0.717, 1.165) is 17.1 Å². The predicted molar refractivity (Wildman–Crippen MR) is 138 cm³/mol. The smallest absolute Gasteiger partial charge is 0.341 e. The number of ether oxygens (including phenoxy) is 2. The summed E-state index contributed by atoms with van der Waals surface area (Å²) in [4.78, 5) is 13.1. The molecule has 0 saturated heterocycles. The summed E-state index contributed by atoms with van der Waals surface area (Å²) in [5.41, 5.74) is 3.16. The van der Waals surface area contributed by atoms with Gasteiger partial charge >= 0.3 is 5.97 Å². The maximum Gasteiger partial charge on any atom is 0.341 e. The van der Waals surface area contributed by atoms with Crippen molar-refractivity contribution in [2.75, 3.05) is 24.6 Å². The number of fused-ring (bicyclic) bond motifs is 2. The molecule has 4 aromatic rings. The van der Waals surface area contributed by atoms with Gasteiger partial charge in [-0.15, -0.1) is 0 Å². The Morgan fingerprint density at radius 1 is 1.06 bits per heavy atom. The average Bonchev–Trinajstić information content (AvgIpc) is 2.90. The van der Waals surface area contributed by atoms with Crippen LogP contribution in [0.2, 0.25) is 0 Å². The van der Waals surface area contributed by atoms with Gasteiger partial charge in [0.1, 0.15) is 17.6 Å². The van der Waals surface area contributed by atoms with E-state index in [1.54, 1.807) is 6.07 Å². The zero-order chi connectivity index (χ0) is 24.2. The van der Waals surface area contributed by atoms with Gasteiger partial charge in [0, 0.05) is 24.3 Å². The average molecular weight is 469 g/mol. The summed E-state index contributed by atoms with van der Waals surface area (Å²) in [6, 6.07) is 30.5. The van der Waals surface area contributed by atoms with Gasteiger partial charge in [0.25, 0.3) is 0 Å². The molecule has 1 heterocycles. The highest BCUT2D eigenvalue weighted by atomic mass is 16.5. The van der Waals surface area contributed by atoms with Crippen molar-refractivity contribution in [1.82, 2.24) is 5.32 Å². The molecule has 0 bridgehead atoms. The van der Waals surface area contributed by atoms with Gasteiger partial charge in [-0.3, -0.25) is 0 Å². The summed E-state index contributed by atoms with van der Waals surface area (Å²) >= 11 is 0. The highest BCUT2D eigenvalue weighted by molar-refractivity contribution is 5.86. The number of carboxylic acid groups (broad SMARTS) is 1. The maximum absolute atomic E-state index is 10.9. The third-order valence-electron chi connectivity index (χ3n) is 6.27. The molecule has 0 saturated carbocycles. The molecule has 0 aliphatic carbocycles. The molecular weight excluding hydrogens is 440 g/mol. The van der Waals surface area contributed by atoms with Gasteiger partial charge in [0.05, 0.1) is 12.2 Å². The highest BCUT2D eigenvalue weighted by Crippen LogP contribution is 2.39. The predicted octanol–water partition coefficient (Wildman–Crippen LogP) is 5.55. The quantitative estimate of drug-likeness (QED) is 0.353. The molecule has 0 amide bonds. The molecule has 1 unspecified atom stereocenters. The van der Waals surface area contributed by atoms with Crippen molar-refractivity contribution >= 4 is 28.1 Å². The van der Waals surface area contributed by atoms with Crippen LogP contribution in [-0.2, 0) is 4.79 Å². The molecule has 1 aliphatic rings. The Bertz CT molecular complexity index is 1330. The molecule has 6 nitrogen and oxygen atoms in total. The Kier molecular flexibility index (Phi) is 6.55. The molecule has 5 rings (SSSR count). The number of aliphatic carboxylic acids is 1. The highest BCUT2D eigenvalue weighted by Gasteiger charge is 2.27. The molecule has 178 valence electrons. The first-order valence-corrected chi connectivity index (χ1v) is 11.8. The second-order valence-corrected chi connectivity index (χ2v) is 8.70. The zero-order valence-corrected chi connectivity index (χ0v) is 19.6. The van der Waals surface area contributed by atoms with Gasteiger partial charge in [-0.2, -0.15) is 0 Å². The molecule has 6 heteroatoms. The van der Waals surface area contributed by atoms with Crippen LogP contribution in [0.5, 0.6) is 11.5 Å². The van der Waals surface area contributed by atoms with Gasteiger partial charge < -0.3 is 24.8 Å². The lowest BCUT2D eigenvalue weighted by molar-refractivity contribution is -0.139. The van der Waals surface area contributed by atoms with E-state index in [2.05, 4.69) is 59.6 Å². The normalized spacial score (nSPS) is 15.8. The van der Waals surface area contributed by atoms with E-state index in [-0.39, 0.29) is 18.8 Å². The van der Waals surface area contributed by atoms with Crippen molar-refractivity contribution in [3.05, 3.63) is 96.6 Å². The fourth-order valence-electron chi connectivity index (χ4n) is 4.58. The minimum atomic E-state index is -1.00. The monoisotopic (exact) mass is 468 g/mol. The molecule has 0 fully saturated rings. The van der Waals surface area contributed by atoms with Crippen molar-refractivity contribution in [3.63, 3.8) is 0 Å². The van der Waals surface area contributed by atoms with Crippen LogP contribution in [0.15, 0.2) is 91.0 Å². The lowest BCUT2D eigenvalue weighted by Crippen LogP contribution is -2.44. The first-order chi connectivity index (χ1) is 17.1. The SMILES string of the molecule is C[C@@H](NCC1CN(c2cccc(OCC(=O)O)c2)c2ccccc2O1)c1cccc2ccccc12. The van der Waals surface area contributed by atoms with Crippen molar-refractivity contribution in [1.29, 1.82) is 0 Å². The Morgan fingerprint density at radius 3 is 2.71 bits per heavy atom. The van der Waals surface area contributed by atoms with Crippen LogP contribution in [-0.4, -0.2) is 36.9 Å². The van der Waals surface area contributed by atoms with Crippen LogP contribution in [0, 0.1) is 0 Å². The van der Waals surface area contributed by atoms with E-state index in [1.807, 2.05) is 42.5 Å². The van der Waals surface area contributed by atoms with Gasteiger partial charge in [-0.05, 0) is 47.5 Å². The molecule has 35 heavy (non-hydrogen) atoms. The number of rotatable bonds is 8.